The summed E-state index contributed by atoms with van der Waals surface area (Å²) in [4.78, 5) is 27.0. The summed E-state index contributed by atoms with van der Waals surface area (Å²) in [5.74, 6) is 0.621. The number of carbonyl (C=O) groups excluding carboxylic acids is 1. The van der Waals surface area contributed by atoms with Crippen molar-refractivity contribution >= 4 is 11.9 Å². The van der Waals surface area contributed by atoms with E-state index in [4.69, 9.17) is 4.74 Å². The average Bonchev–Trinajstić information content (AvgIpc) is 3.05. The maximum absolute atomic E-state index is 13.0. The molecule has 8 heteroatoms. The molecule has 0 unspecified atom stereocenters. The number of rotatable bonds is 2. The third kappa shape index (κ3) is 3.46. The van der Waals surface area contributed by atoms with E-state index in [0.717, 1.165) is 45.6 Å². The normalized spacial score (nSPS) is 30.4. The van der Waals surface area contributed by atoms with Crippen molar-refractivity contribution in [3.63, 3.8) is 0 Å². The summed E-state index contributed by atoms with van der Waals surface area (Å²) in [6, 6.07) is 0. The standard InChI is InChI=1S/C17H24FN5O2/c1-21-4-6-22(7-5-21)16(24)14-8-12-2-3-23(11-15(12)25-14)17-19-9-13(18)10-20-17/h9-10,12,14-15H,2-8,11H2,1H3/t12-,14+,15-/m0/s1. The largest absolute Gasteiger partial charge is 0.363 e. The van der Waals surface area contributed by atoms with Gasteiger partial charge in [-0.2, -0.15) is 0 Å². The number of amides is 1. The molecule has 1 aromatic heterocycles. The van der Waals surface area contributed by atoms with Gasteiger partial charge in [-0.3, -0.25) is 4.79 Å². The Hall–Kier alpha value is -1.80. The first kappa shape index (κ1) is 16.7. The number of fused-ring (bicyclic) bond motifs is 1. The summed E-state index contributed by atoms with van der Waals surface area (Å²) < 4.78 is 19.1. The number of piperazine rings is 1. The van der Waals surface area contributed by atoms with Gasteiger partial charge in [0.2, 0.25) is 5.95 Å². The van der Waals surface area contributed by atoms with E-state index in [0.29, 0.717) is 18.4 Å². The lowest BCUT2D eigenvalue weighted by atomic mass is 9.91. The molecule has 3 aliphatic heterocycles. The number of piperidine rings is 1. The Balaban J connectivity index is 1.36. The van der Waals surface area contributed by atoms with Gasteiger partial charge in [-0.15, -0.1) is 0 Å². The van der Waals surface area contributed by atoms with Gasteiger partial charge in [-0.05, 0) is 25.8 Å². The molecule has 4 rings (SSSR count). The second-order valence-electron chi connectivity index (χ2n) is 7.22. The Bertz CT molecular complexity index is 620. The number of nitrogens with zero attached hydrogens (tertiary/aromatic N) is 5. The van der Waals surface area contributed by atoms with Crippen molar-refractivity contribution < 1.29 is 13.9 Å². The molecule has 3 aliphatic rings. The monoisotopic (exact) mass is 349 g/mol. The summed E-state index contributed by atoms with van der Waals surface area (Å²) in [6.07, 6.45) is 3.80. The van der Waals surface area contributed by atoms with Gasteiger partial charge < -0.3 is 19.4 Å². The molecule has 0 bridgehead atoms. The second kappa shape index (κ2) is 6.84. The predicted octanol–water partition coefficient (Wildman–Crippen LogP) is 0.373. The van der Waals surface area contributed by atoms with Gasteiger partial charge >= 0.3 is 0 Å². The smallest absolute Gasteiger partial charge is 0.251 e. The molecule has 0 radical (unpaired) electrons. The highest BCUT2D eigenvalue weighted by Crippen LogP contribution is 2.35. The van der Waals surface area contributed by atoms with Crippen LogP contribution in [0.5, 0.6) is 0 Å². The Morgan fingerprint density at radius 1 is 1.20 bits per heavy atom. The molecular formula is C17H24FN5O2. The first-order valence-corrected chi connectivity index (χ1v) is 8.95. The van der Waals surface area contributed by atoms with Gasteiger partial charge in [0.15, 0.2) is 5.82 Å². The van der Waals surface area contributed by atoms with E-state index in [1.165, 1.54) is 12.4 Å². The molecule has 1 aromatic rings. The molecule has 3 fully saturated rings. The van der Waals surface area contributed by atoms with Crippen LogP contribution in [0.4, 0.5) is 10.3 Å². The molecule has 1 amide bonds. The highest BCUT2D eigenvalue weighted by atomic mass is 19.1. The van der Waals surface area contributed by atoms with Gasteiger partial charge in [0.05, 0.1) is 18.5 Å². The minimum Gasteiger partial charge on any atom is -0.363 e. The Kier molecular flexibility index (Phi) is 4.56. The molecule has 7 nitrogen and oxygen atoms in total. The molecule has 0 aliphatic carbocycles. The minimum atomic E-state index is -0.436. The number of hydrogen-bond acceptors (Lipinski definition) is 6. The van der Waals surface area contributed by atoms with Crippen LogP contribution in [0.15, 0.2) is 12.4 Å². The van der Waals surface area contributed by atoms with Gasteiger partial charge in [-0.1, -0.05) is 0 Å². The van der Waals surface area contributed by atoms with Gasteiger partial charge in [0, 0.05) is 39.3 Å². The number of carbonyl (C=O) groups is 1. The zero-order valence-corrected chi connectivity index (χ0v) is 14.5. The van der Waals surface area contributed by atoms with Crippen LogP contribution in [-0.2, 0) is 9.53 Å². The van der Waals surface area contributed by atoms with E-state index < -0.39 is 5.82 Å². The van der Waals surface area contributed by atoms with Crippen LogP contribution in [0.2, 0.25) is 0 Å². The van der Waals surface area contributed by atoms with Crippen molar-refractivity contribution in [1.82, 2.24) is 19.8 Å². The summed E-state index contributed by atoms with van der Waals surface area (Å²) in [6.45, 7) is 4.86. The fraction of sp³-hybridized carbons (Fsp3) is 0.706. The van der Waals surface area contributed by atoms with Gasteiger partial charge in [0.25, 0.3) is 5.91 Å². The van der Waals surface area contributed by atoms with Crippen molar-refractivity contribution in [1.29, 1.82) is 0 Å². The van der Waals surface area contributed by atoms with Crippen molar-refractivity contribution in [2.45, 2.75) is 25.0 Å². The quantitative estimate of drug-likeness (QED) is 0.769. The highest BCUT2D eigenvalue weighted by Gasteiger charge is 2.43. The van der Waals surface area contributed by atoms with Crippen LogP contribution in [0, 0.1) is 11.7 Å². The molecular weight excluding hydrogens is 325 g/mol. The van der Waals surface area contributed by atoms with Crippen molar-refractivity contribution in [2.24, 2.45) is 5.92 Å². The second-order valence-corrected chi connectivity index (χ2v) is 7.22. The van der Waals surface area contributed by atoms with Crippen LogP contribution in [0.3, 0.4) is 0 Å². The molecule has 3 atom stereocenters. The fourth-order valence-electron chi connectivity index (χ4n) is 3.97. The number of aromatic nitrogens is 2. The van der Waals surface area contributed by atoms with Crippen LogP contribution < -0.4 is 4.90 Å². The number of anilines is 1. The topological polar surface area (TPSA) is 61.8 Å². The van der Waals surface area contributed by atoms with Crippen molar-refractivity contribution in [3.05, 3.63) is 18.2 Å². The van der Waals surface area contributed by atoms with Crippen molar-refractivity contribution in [3.8, 4) is 0 Å². The van der Waals surface area contributed by atoms with E-state index in [1.54, 1.807) is 0 Å². The SMILES string of the molecule is CN1CCN(C(=O)[C@H]2C[C@@H]3CCN(c4ncc(F)cn4)C[C@@H]3O2)CC1. The summed E-state index contributed by atoms with van der Waals surface area (Å²) in [7, 11) is 2.08. The lowest BCUT2D eigenvalue weighted by molar-refractivity contribution is -0.144. The summed E-state index contributed by atoms with van der Waals surface area (Å²) in [5.41, 5.74) is 0. The van der Waals surface area contributed by atoms with Gasteiger partial charge in [-0.25, -0.2) is 14.4 Å². The maximum Gasteiger partial charge on any atom is 0.251 e. The first-order valence-electron chi connectivity index (χ1n) is 8.95. The molecule has 4 heterocycles. The molecule has 25 heavy (non-hydrogen) atoms. The Morgan fingerprint density at radius 2 is 1.92 bits per heavy atom. The molecule has 3 saturated heterocycles. The Morgan fingerprint density at radius 3 is 2.64 bits per heavy atom. The molecule has 136 valence electrons. The van der Waals surface area contributed by atoms with Crippen LogP contribution in [0.1, 0.15) is 12.8 Å². The zero-order valence-electron chi connectivity index (χ0n) is 14.5. The Labute approximate surface area is 146 Å². The van der Waals surface area contributed by atoms with E-state index in [2.05, 4.69) is 21.9 Å². The third-order valence-corrected chi connectivity index (χ3v) is 5.53. The summed E-state index contributed by atoms with van der Waals surface area (Å²) in [5, 5.41) is 0. The first-order chi connectivity index (χ1) is 12.1. The lowest BCUT2D eigenvalue weighted by Crippen LogP contribution is -2.50. The molecule has 0 aromatic carbocycles. The van der Waals surface area contributed by atoms with E-state index >= 15 is 0 Å². The van der Waals surface area contributed by atoms with Crippen LogP contribution in [-0.4, -0.2) is 84.2 Å². The van der Waals surface area contributed by atoms with E-state index in [-0.39, 0.29) is 18.1 Å². The van der Waals surface area contributed by atoms with Crippen LogP contribution in [0.25, 0.3) is 0 Å². The zero-order chi connectivity index (χ0) is 17.4. The number of halogens is 1. The van der Waals surface area contributed by atoms with E-state index in [1.807, 2.05) is 9.80 Å². The average molecular weight is 349 g/mol. The number of hydrogen-bond donors (Lipinski definition) is 0. The van der Waals surface area contributed by atoms with Crippen molar-refractivity contribution in [2.75, 3.05) is 51.2 Å². The summed E-state index contributed by atoms with van der Waals surface area (Å²) >= 11 is 0. The van der Waals surface area contributed by atoms with Crippen LogP contribution >= 0.6 is 0 Å². The molecule has 0 saturated carbocycles. The third-order valence-electron chi connectivity index (χ3n) is 5.53. The fourth-order valence-corrected chi connectivity index (χ4v) is 3.97. The predicted molar refractivity (Wildman–Crippen MR) is 89.7 cm³/mol. The molecule has 0 N–H and O–H groups in total. The molecule has 0 spiro atoms. The number of likely N-dealkylation sites (N-methyl/N-ethyl adjacent to an activating group) is 1. The highest BCUT2D eigenvalue weighted by molar-refractivity contribution is 5.81. The number of ether oxygens (including phenoxy) is 1. The van der Waals surface area contributed by atoms with Gasteiger partial charge in [0.1, 0.15) is 6.10 Å². The lowest BCUT2D eigenvalue weighted by Gasteiger charge is -2.34. The maximum atomic E-state index is 13.0. The van der Waals surface area contributed by atoms with E-state index in [9.17, 15) is 9.18 Å². The minimum absolute atomic E-state index is 0.0174.